The molecule has 0 bridgehead atoms. The highest BCUT2D eigenvalue weighted by molar-refractivity contribution is 5.67. The number of amides is 1. The summed E-state index contributed by atoms with van der Waals surface area (Å²) in [6.45, 7) is 4.75. The van der Waals surface area contributed by atoms with Crippen molar-refractivity contribution in [3.05, 3.63) is 35.6 Å². The Balaban J connectivity index is 1.64. The third-order valence-electron chi connectivity index (χ3n) is 6.21. The van der Waals surface area contributed by atoms with Crippen LogP contribution in [-0.2, 0) is 11.2 Å². The molecule has 2 N–H and O–H groups in total. The van der Waals surface area contributed by atoms with E-state index in [0.717, 1.165) is 24.9 Å². The molecule has 2 saturated heterocycles. The lowest BCUT2D eigenvalue weighted by Gasteiger charge is -2.49. The zero-order valence-corrected chi connectivity index (χ0v) is 16.5. The predicted octanol–water partition coefficient (Wildman–Crippen LogP) is 2.03. The smallest absolute Gasteiger partial charge is 0.409 e. The van der Waals surface area contributed by atoms with Crippen LogP contribution in [0.3, 0.4) is 0 Å². The molecule has 1 amide bonds. The van der Waals surface area contributed by atoms with Crippen LogP contribution in [-0.4, -0.2) is 77.6 Å². The van der Waals surface area contributed by atoms with E-state index in [9.17, 15) is 19.4 Å². The second kappa shape index (κ2) is 9.20. The molecule has 1 aromatic carbocycles. The average Bonchev–Trinajstić information content (AvgIpc) is 2.72. The van der Waals surface area contributed by atoms with Crippen molar-refractivity contribution >= 4 is 6.09 Å². The molecule has 2 atom stereocenters. The Hall–Kier alpha value is -1.70. The van der Waals surface area contributed by atoms with Gasteiger partial charge in [0.2, 0.25) is 0 Å². The van der Waals surface area contributed by atoms with Gasteiger partial charge in [-0.05, 0) is 50.3 Å². The van der Waals surface area contributed by atoms with Gasteiger partial charge < -0.3 is 19.8 Å². The molecule has 0 aliphatic carbocycles. The first-order chi connectivity index (χ1) is 13.5. The Bertz CT molecular complexity index is 648. The third-order valence-corrected chi connectivity index (χ3v) is 6.21. The number of nitrogens with zero attached hydrogens (tertiary/aromatic N) is 2. The lowest BCUT2D eigenvalue weighted by molar-refractivity contribution is -0.0889. The maximum atomic E-state index is 13.2. The molecule has 2 aliphatic heterocycles. The van der Waals surface area contributed by atoms with Crippen LogP contribution in [0, 0.1) is 11.2 Å². The summed E-state index contributed by atoms with van der Waals surface area (Å²) in [6, 6.07) is 6.58. The minimum absolute atomic E-state index is 0.121. The largest absolute Gasteiger partial charge is 0.450 e. The summed E-state index contributed by atoms with van der Waals surface area (Å²) in [4.78, 5) is 16.0. The fourth-order valence-electron chi connectivity index (χ4n) is 4.52. The molecule has 0 aromatic heterocycles. The quantitative estimate of drug-likeness (QED) is 0.800. The maximum Gasteiger partial charge on any atom is 0.409 e. The van der Waals surface area contributed by atoms with Crippen molar-refractivity contribution in [3.63, 3.8) is 0 Å². The third kappa shape index (κ3) is 4.64. The number of aliphatic hydroxyl groups is 2. The standard InChI is InChI=1S/C21H31FN2O4/c1-2-28-20(27)23-10-7-18(8-11-23)24-12-9-19(26)21(14-24,15-25)13-16-3-5-17(22)6-4-16/h3-6,18-19,25-26H,2,7-15H2,1H3/t19-,21-/m0/s1. The highest BCUT2D eigenvalue weighted by Gasteiger charge is 2.44. The Morgan fingerprint density at radius 3 is 2.50 bits per heavy atom. The molecule has 1 aromatic rings. The van der Waals surface area contributed by atoms with Gasteiger partial charge in [-0.15, -0.1) is 0 Å². The molecule has 156 valence electrons. The van der Waals surface area contributed by atoms with Crippen LogP contribution in [0.25, 0.3) is 0 Å². The Morgan fingerprint density at radius 2 is 1.89 bits per heavy atom. The van der Waals surface area contributed by atoms with Gasteiger partial charge in [0.25, 0.3) is 0 Å². The monoisotopic (exact) mass is 394 g/mol. The molecule has 3 rings (SSSR count). The molecule has 2 aliphatic rings. The number of aliphatic hydroxyl groups excluding tert-OH is 2. The molecule has 0 saturated carbocycles. The summed E-state index contributed by atoms with van der Waals surface area (Å²) < 4.78 is 18.3. The van der Waals surface area contributed by atoms with E-state index in [1.807, 2.05) is 0 Å². The molecule has 6 nitrogen and oxygen atoms in total. The van der Waals surface area contributed by atoms with Crippen LogP contribution in [0.2, 0.25) is 0 Å². The number of ether oxygens (including phenoxy) is 1. The SMILES string of the molecule is CCOC(=O)N1CCC(N2CC[C@H](O)[C@@](CO)(Cc3ccc(F)cc3)C2)CC1. The van der Waals surface area contributed by atoms with Gasteiger partial charge in [-0.1, -0.05) is 12.1 Å². The number of hydrogen-bond donors (Lipinski definition) is 2. The van der Waals surface area contributed by atoms with E-state index in [2.05, 4.69) is 4.90 Å². The van der Waals surface area contributed by atoms with Crippen LogP contribution < -0.4 is 0 Å². The summed E-state index contributed by atoms with van der Waals surface area (Å²) in [5.74, 6) is -0.291. The van der Waals surface area contributed by atoms with Gasteiger partial charge in [0, 0.05) is 37.6 Å². The molecular formula is C21H31FN2O4. The van der Waals surface area contributed by atoms with Gasteiger partial charge in [0.05, 0.1) is 19.3 Å². The lowest BCUT2D eigenvalue weighted by atomic mass is 9.73. The van der Waals surface area contributed by atoms with Crippen molar-refractivity contribution in [2.75, 3.05) is 39.4 Å². The van der Waals surface area contributed by atoms with E-state index < -0.39 is 11.5 Å². The minimum atomic E-state index is -0.658. The number of carbonyl (C=O) groups is 1. The van der Waals surface area contributed by atoms with Crippen LogP contribution in [0.1, 0.15) is 31.7 Å². The summed E-state index contributed by atoms with van der Waals surface area (Å²) in [5.41, 5.74) is 0.252. The summed E-state index contributed by atoms with van der Waals surface area (Å²) in [5, 5.41) is 20.9. The highest BCUT2D eigenvalue weighted by Crippen LogP contribution is 2.36. The predicted molar refractivity (Wildman–Crippen MR) is 103 cm³/mol. The number of hydrogen-bond acceptors (Lipinski definition) is 5. The molecule has 2 fully saturated rings. The fraction of sp³-hybridized carbons (Fsp3) is 0.667. The van der Waals surface area contributed by atoms with Crippen LogP contribution in [0.4, 0.5) is 9.18 Å². The zero-order chi connectivity index (χ0) is 20.1. The topological polar surface area (TPSA) is 73.2 Å². The van der Waals surface area contributed by atoms with Gasteiger partial charge in [-0.3, -0.25) is 4.90 Å². The Labute approximate surface area is 165 Å². The summed E-state index contributed by atoms with van der Waals surface area (Å²) in [7, 11) is 0. The number of carbonyl (C=O) groups excluding carboxylic acids is 1. The zero-order valence-electron chi connectivity index (χ0n) is 16.5. The number of halogens is 1. The van der Waals surface area contributed by atoms with Gasteiger partial charge in [-0.25, -0.2) is 9.18 Å². The van der Waals surface area contributed by atoms with Crippen molar-refractivity contribution in [2.45, 2.75) is 44.8 Å². The van der Waals surface area contributed by atoms with Crippen molar-refractivity contribution < 1.29 is 24.1 Å². The van der Waals surface area contributed by atoms with Crippen molar-refractivity contribution in [1.82, 2.24) is 9.80 Å². The first-order valence-electron chi connectivity index (χ1n) is 10.2. The van der Waals surface area contributed by atoms with Gasteiger partial charge in [0.15, 0.2) is 0 Å². The second-order valence-electron chi connectivity index (χ2n) is 8.02. The molecule has 0 radical (unpaired) electrons. The molecule has 0 unspecified atom stereocenters. The van der Waals surface area contributed by atoms with Gasteiger partial charge in [-0.2, -0.15) is 0 Å². The normalized spacial score (nSPS) is 27.0. The first-order valence-corrected chi connectivity index (χ1v) is 10.2. The van der Waals surface area contributed by atoms with Gasteiger partial charge >= 0.3 is 6.09 Å². The number of piperidine rings is 2. The molecule has 2 heterocycles. The lowest BCUT2D eigenvalue weighted by Crippen LogP contribution is -2.58. The average molecular weight is 394 g/mol. The fourth-order valence-corrected chi connectivity index (χ4v) is 4.52. The number of likely N-dealkylation sites (tertiary alicyclic amines) is 2. The number of benzene rings is 1. The van der Waals surface area contributed by atoms with Crippen LogP contribution in [0.5, 0.6) is 0 Å². The number of rotatable bonds is 5. The molecule has 7 heteroatoms. The molecular weight excluding hydrogens is 363 g/mol. The highest BCUT2D eigenvalue weighted by atomic mass is 19.1. The summed E-state index contributed by atoms with van der Waals surface area (Å²) in [6.07, 6.45) is 1.96. The van der Waals surface area contributed by atoms with E-state index in [-0.39, 0.29) is 18.5 Å². The van der Waals surface area contributed by atoms with Gasteiger partial charge in [0.1, 0.15) is 5.82 Å². The van der Waals surface area contributed by atoms with Crippen LogP contribution in [0.15, 0.2) is 24.3 Å². The first kappa shape index (κ1) is 21.0. The maximum absolute atomic E-state index is 13.2. The Kier molecular flexibility index (Phi) is 6.91. The van der Waals surface area contributed by atoms with Crippen LogP contribution >= 0.6 is 0 Å². The van der Waals surface area contributed by atoms with E-state index >= 15 is 0 Å². The second-order valence-corrected chi connectivity index (χ2v) is 8.02. The van der Waals surface area contributed by atoms with Crippen molar-refractivity contribution in [1.29, 1.82) is 0 Å². The summed E-state index contributed by atoms with van der Waals surface area (Å²) >= 11 is 0. The van der Waals surface area contributed by atoms with Crippen molar-refractivity contribution in [3.8, 4) is 0 Å². The minimum Gasteiger partial charge on any atom is -0.450 e. The Morgan fingerprint density at radius 1 is 1.21 bits per heavy atom. The van der Waals surface area contributed by atoms with E-state index in [1.165, 1.54) is 12.1 Å². The van der Waals surface area contributed by atoms with Crippen molar-refractivity contribution in [2.24, 2.45) is 5.41 Å². The van der Waals surface area contributed by atoms with E-state index in [0.29, 0.717) is 45.1 Å². The molecule has 28 heavy (non-hydrogen) atoms. The molecule has 0 spiro atoms. The van der Waals surface area contributed by atoms with E-state index in [4.69, 9.17) is 4.74 Å². The van der Waals surface area contributed by atoms with E-state index in [1.54, 1.807) is 24.0 Å².